The number of benzene rings is 1. The summed E-state index contributed by atoms with van der Waals surface area (Å²) in [6.45, 7) is 0. The summed E-state index contributed by atoms with van der Waals surface area (Å²) in [6, 6.07) is 1.72. The van der Waals surface area contributed by atoms with Crippen molar-refractivity contribution in [2.75, 3.05) is 7.11 Å². The molecular weight excluding hydrogens is 219 g/mol. The maximum absolute atomic E-state index is 13.4. The summed E-state index contributed by atoms with van der Waals surface area (Å²) in [5, 5.41) is 10.6. The molecule has 86 valence electrons. The van der Waals surface area contributed by atoms with Crippen LogP contribution in [0, 0.1) is 15.9 Å². The summed E-state index contributed by atoms with van der Waals surface area (Å²) in [5.41, 5.74) is 4.35. The number of nitro groups is 1. The van der Waals surface area contributed by atoms with Crippen molar-refractivity contribution in [2.45, 2.75) is 6.04 Å². The molecule has 7 heteroatoms. The van der Waals surface area contributed by atoms with Gasteiger partial charge in [-0.2, -0.15) is 0 Å². The molecule has 0 amide bonds. The number of hydrogen-bond donors (Lipinski definition) is 1. The molecule has 0 aromatic heterocycles. The van der Waals surface area contributed by atoms with E-state index in [2.05, 4.69) is 4.74 Å². The molecule has 1 rings (SSSR count). The Bertz CT molecular complexity index is 436. The monoisotopic (exact) mass is 228 g/mol. The fraction of sp³-hybridized carbons (Fsp3) is 0.222. The fourth-order valence-electron chi connectivity index (χ4n) is 1.24. The van der Waals surface area contributed by atoms with Gasteiger partial charge in [-0.15, -0.1) is 0 Å². The van der Waals surface area contributed by atoms with E-state index < -0.39 is 34.0 Å². The van der Waals surface area contributed by atoms with Gasteiger partial charge in [0.25, 0.3) is 5.69 Å². The quantitative estimate of drug-likeness (QED) is 0.471. The van der Waals surface area contributed by atoms with Crippen LogP contribution < -0.4 is 5.73 Å². The largest absolute Gasteiger partial charge is 0.468 e. The third kappa shape index (κ3) is 2.14. The van der Waals surface area contributed by atoms with Gasteiger partial charge in [0.1, 0.15) is 11.9 Å². The highest BCUT2D eigenvalue weighted by molar-refractivity contribution is 5.79. The summed E-state index contributed by atoms with van der Waals surface area (Å²) in [6.07, 6.45) is 0. The molecule has 2 N–H and O–H groups in total. The second kappa shape index (κ2) is 4.67. The summed E-state index contributed by atoms with van der Waals surface area (Å²) in [5.74, 6) is -1.85. The number of carbonyl (C=O) groups excluding carboxylic acids is 1. The Balaban J connectivity index is 3.30. The lowest BCUT2D eigenvalue weighted by Crippen LogP contribution is -2.24. The molecular formula is C9H9FN2O4. The SMILES string of the molecule is COC(=O)C(N)c1c(F)cccc1[N+](=O)[O-]. The first-order chi connectivity index (χ1) is 7.49. The number of halogens is 1. The first-order valence-corrected chi connectivity index (χ1v) is 4.25. The molecule has 1 aromatic rings. The Kier molecular flexibility index (Phi) is 3.51. The van der Waals surface area contributed by atoms with Crippen LogP contribution in [0.1, 0.15) is 11.6 Å². The van der Waals surface area contributed by atoms with Crippen LogP contribution in [0.15, 0.2) is 18.2 Å². The summed E-state index contributed by atoms with van der Waals surface area (Å²) >= 11 is 0. The number of hydrogen-bond acceptors (Lipinski definition) is 5. The van der Waals surface area contributed by atoms with Crippen molar-refractivity contribution in [3.05, 3.63) is 39.7 Å². The van der Waals surface area contributed by atoms with Crippen LogP contribution in [-0.2, 0) is 9.53 Å². The van der Waals surface area contributed by atoms with E-state index in [0.29, 0.717) is 0 Å². The number of nitro benzene ring substituents is 1. The van der Waals surface area contributed by atoms with E-state index in [1.807, 2.05) is 0 Å². The first-order valence-electron chi connectivity index (χ1n) is 4.25. The molecule has 16 heavy (non-hydrogen) atoms. The molecule has 0 bridgehead atoms. The normalized spacial score (nSPS) is 11.9. The van der Waals surface area contributed by atoms with Crippen LogP contribution in [0.5, 0.6) is 0 Å². The van der Waals surface area contributed by atoms with E-state index in [0.717, 1.165) is 19.2 Å². The van der Waals surface area contributed by atoms with E-state index in [1.54, 1.807) is 0 Å². The highest BCUT2D eigenvalue weighted by Gasteiger charge is 2.28. The molecule has 0 aliphatic rings. The summed E-state index contributed by atoms with van der Waals surface area (Å²) < 4.78 is 17.7. The maximum Gasteiger partial charge on any atom is 0.327 e. The van der Waals surface area contributed by atoms with Crippen molar-refractivity contribution < 1.29 is 18.8 Å². The van der Waals surface area contributed by atoms with Crippen LogP contribution in [0.4, 0.5) is 10.1 Å². The van der Waals surface area contributed by atoms with Crippen LogP contribution >= 0.6 is 0 Å². The van der Waals surface area contributed by atoms with Gasteiger partial charge in [-0.05, 0) is 6.07 Å². The molecule has 0 spiro atoms. The van der Waals surface area contributed by atoms with Crippen molar-refractivity contribution in [3.63, 3.8) is 0 Å². The maximum atomic E-state index is 13.4. The molecule has 0 aliphatic heterocycles. The highest BCUT2D eigenvalue weighted by Crippen LogP contribution is 2.26. The van der Waals surface area contributed by atoms with Gasteiger partial charge < -0.3 is 10.5 Å². The van der Waals surface area contributed by atoms with Crippen LogP contribution in [0.2, 0.25) is 0 Å². The Morgan fingerprint density at radius 1 is 1.62 bits per heavy atom. The van der Waals surface area contributed by atoms with Gasteiger partial charge in [0.05, 0.1) is 17.6 Å². The van der Waals surface area contributed by atoms with Crippen molar-refractivity contribution in [1.29, 1.82) is 0 Å². The average molecular weight is 228 g/mol. The second-order valence-electron chi connectivity index (χ2n) is 2.93. The predicted molar refractivity (Wildman–Crippen MR) is 52.0 cm³/mol. The standard InChI is InChI=1S/C9H9FN2O4/c1-16-9(13)8(11)7-5(10)3-2-4-6(7)12(14)15/h2-4,8H,11H2,1H3. The Labute approximate surface area is 90.0 Å². The van der Waals surface area contributed by atoms with Gasteiger partial charge in [-0.3, -0.25) is 10.1 Å². The second-order valence-corrected chi connectivity index (χ2v) is 2.93. The van der Waals surface area contributed by atoms with Crippen LogP contribution in [-0.4, -0.2) is 18.0 Å². The molecule has 1 unspecified atom stereocenters. The van der Waals surface area contributed by atoms with Crippen molar-refractivity contribution >= 4 is 11.7 Å². The molecule has 6 nitrogen and oxygen atoms in total. The number of esters is 1. The lowest BCUT2D eigenvalue weighted by atomic mass is 10.1. The Hall–Kier alpha value is -2.02. The van der Waals surface area contributed by atoms with E-state index in [-0.39, 0.29) is 0 Å². The van der Waals surface area contributed by atoms with Crippen molar-refractivity contribution in [2.24, 2.45) is 5.73 Å². The van der Waals surface area contributed by atoms with Crippen molar-refractivity contribution in [3.8, 4) is 0 Å². The minimum absolute atomic E-state index is 0.473. The van der Waals surface area contributed by atoms with Gasteiger partial charge in [-0.1, -0.05) is 6.07 Å². The number of carbonyl (C=O) groups is 1. The van der Waals surface area contributed by atoms with Gasteiger partial charge in [-0.25, -0.2) is 9.18 Å². The number of nitrogens with two attached hydrogens (primary N) is 1. The lowest BCUT2D eigenvalue weighted by molar-refractivity contribution is -0.385. The predicted octanol–water partition coefficient (Wildman–Crippen LogP) is 0.907. The molecule has 0 aliphatic carbocycles. The van der Waals surface area contributed by atoms with Crippen molar-refractivity contribution in [1.82, 2.24) is 0 Å². The van der Waals surface area contributed by atoms with Gasteiger partial charge in [0.2, 0.25) is 0 Å². The topological polar surface area (TPSA) is 95.5 Å². The zero-order valence-electron chi connectivity index (χ0n) is 8.34. The minimum Gasteiger partial charge on any atom is -0.468 e. The molecule has 0 radical (unpaired) electrons. The zero-order chi connectivity index (χ0) is 12.3. The number of ether oxygens (including phenoxy) is 1. The smallest absolute Gasteiger partial charge is 0.327 e. The molecule has 1 atom stereocenters. The number of nitrogens with zero attached hydrogens (tertiary/aromatic N) is 1. The minimum atomic E-state index is -1.51. The zero-order valence-corrected chi connectivity index (χ0v) is 8.34. The summed E-state index contributed by atoms with van der Waals surface area (Å²) in [7, 11) is 1.06. The molecule has 0 fully saturated rings. The van der Waals surface area contributed by atoms with E-state index >= 15 is 0 Å². The Morgan fingerprint density at radius 2 is 2.25 bits per heavy atom. The van der Waals surface area contributed by atoms with Crippen LogP contribution in [0.3, 0.4) is 0 Å². The number of methoxy groups -OCH3 is 1. The molecule has 1 aromatic carbocycles. The van der Waals surface area contributed by atoms with E-state index in [4.69, 9.17) is 5.73 Å². The number of rotatable bonds is 3. The van der Waals surface area contributed by atoms with Gasteiger partial charge in [0, 0.05) is 6.07 Å². The van der Waals surface area contributed by atoms with E-state index in [1.165, 1.54) is 6.07 Å². The molecule has 0 saturated carbocycles. The third-order valence-electron chi connectivity index (χ3n) is 1.99. The third-order valence-corrected chi connectivity index (χ3v) is 1.99. The molecule has 0 heterocycles. The molecule has 0 saturated heterocycles. The fourth-order valence-corrected chi connectivity index (χ4v) is 1.24. The average Bonchev–Trinajstić information content (AvgIpc) is 2.26. The lowest BCUT2D eigenvalue weighted by Gasteiger charge is -2.10. The van der Waals surface area contributed by atoms with E-state index in [9.17, 15) is 19.3 Å². The first kappa shape index (κ1) is 12.1. The summed E-state index contributed by atoms with van der Waals surface area (Å²) in [4.78, 5) is 20.9. The van der Waals surface area contributed by atoms with Crippen LogP contribution in [0.25, 0.3) is 0 Å². The Morgan fingerprint density at radius 3 is 2.75 bits per heavy atom. The van der Waals surface area contributed by atoms with Gasteiger partial charge >= 0.3 is 5.97 Å². The highest BCUT2D eigenvalue weighted by atomic mass is 19.1. The van der Waals surface area contributed by atoms with Gasteiger partial charge in [0.15, 0.2) is 0 Å².